The lowest BCUT2D eigenvalue weighted by Gasteiger charge is -2.27. The second-order valence-corrected chi connectivity index (χ2v) is 8.48. The van der Waals surface area contributed by atoms with E-state index in [0.717, 1.165) is 22.5 Å². The Morgan fingerprint density at radius 3 is 2.92 bits per heavy atom. The minimum atomic E-state index is -0.0223. The summed E-state index contributed by atoms with van der Waals surface area (Å²) in [5.74, 6) is 2.97. The second kappa shape index (κ2) is 5.86. The van der Waals surface area contributed by atoms with Crippen LogP contribution in [0.3, 0.4) is 0 Å². The van der Waals surface area contributed by atoms with E-state index in [9.17, 15) is 4.79 Å². The van der Waals surface area contributed by atoms with E-state index in [4.69, 9.17) is 11.6 Å². The van der Waals surface area contributed by atoms with Crippen molar-refractivity contribution < 1.29 is 4.79 Å². The molecule has 3 aromatic rings. The Bertz CT molecular complexity index is 959. The van der Waals surface area contributed by atoms with Crippen LogP contribution in [0.5, 0.6) is 0 Å². The zero-order valence-electron chi connectivity index (χ0n) is 13.1. The summed E-state index contributed by atoms with van der Waals surface area (Å²) in [7, 11) is 0. The third-order valence-corrected chi connectivity index (χ3v) is 6.25. The first-order valence-corrected chi connectivity index (χ1v) is 10.0. The predicted molar refractivity (Wildman–Crippen MR) is 95.0 cm³/mol. The Morgan fingerprint density at radius 2 is 2.16 bits per heavy atom. The summed E-state index contributed by atoms with van der Waals surface area (Å²) >= 11 is 8.68. The summed E-state index contributed by atoms with van der Waals surface area (Å²) in [4.78, 5) is 19.0. The molecule has 0 N–H and O–H groups in total. The normalized spacial score (nSPS) is 16.9. The molecule has 10 heteroatoms. The number of hydrogen-bond donors (Lipinski definition) is 0. The first-order valence-electron chi connectivity index (χ1n) is 7.98. The molecule has 1 fully saturated rings. The monoisotopic (exact) mass is 392 g/mol. The van der Waals surface area contributed by atoms with Crippen LogP contribution in [0.4, 0.5) is 0 Å². The molecule has 1 amide bonds. The van der Waals surface area contributed by atoms with Crippen molar-refractivity contribution in [3.05, 3.63) is 33.0 Å². The smallest absolute Gasteiger partial charge is 0.255 e. The molecule has 0 spiro atoms. The fourth-order valence-electron chi connectivity index (χ4n) is 2.93. The van der Waals surface area contributed by atoms with Crippen molar-refractivity contribution in [1.29, 1.82) is 0 Å². The van der Waals surface area contributed by atoms with Gasteiger partial charge in [0, 0.05) is 24.4 Å². The van der Waals surface area contributed by atoms with Gasteiger partial charge in [0.25, 0.3) is 5.91 Å². The fraction of sp³-hybridized carbons (Fsp3) is 0.400. The van der Waals surface area contributed by atoms with Gasteiger partial charge in [0.1, 0.15) is 5.82 Å². The molecule has 7 nitrogen and oxygen atoms in total. The maximum absolute atomic E-state index is 12.6. The zero-order chi connectivity index (χ0) is 17.0. The standard InChI is InChI=1S/C15H13ClN6OS2/c16-10-5-9(7-24-10)15(23)21-3-4-22-11(6-21)18-19-13(22)14-17-12(20-25-14)8-1-2-8/h5,7-8H,1-4,6H2. The van der Waals surface area contributed by atoms with Gasteiger partial charge in [-0.1, -0.05) is 11.6 Å². The van der Waals surface area contributed by atoms with Crippen molar-refractivity contribution in [2.45, 2.75) is 31.8 Å². The van der Waals surface area contributed by atoms with E-state index in [1.54, 1.807) is 16.3 Å². The summed E-state index contributed by atoms with van der Waals surface area (Å²) in [5, 5.41) is 11.2. The van der Waals surface area contributed by atoms with E-state index in [0.29, 0.717) is 35.5 Å². The third kappa shape index (κ3) is 2.76. The van der Waals surface area contributed by atoms with Gasteiger partial charge in [-0.3, -0.25) is 4.79 Å². The summed E-state index contributed by atoms with van der Waals surface area (Å²) in [6, 6.07) is 1.71. The van der Waals surface area contributed by atoms with Gasteiger partial charge in [0.2, 0.25) is 0 Å². The van der Waals surface area contributed by atoms with E-state index < -0.39 is 0 Å². The third-order valence-electron chi connectivity index (χ3n) is 4.43. The maximum Gasteiger partial charge on any atom is 0.255 e. The number of carbonyl (C=O) groups excluding carboxylic acids is 1. The minimum Gasteiger partial charge on any atom is -0.329 e. The first-order chi connectivity index (χ1) is 12.2. The maximum atomic E-state index is 12.6. The van der Waals surface area contributed by atoms with E-state index in [1.807, 2.05) is 4.57 Å². The molecule has 3 aromatic heterocycles. The molecule has 0 bridgehead atoms. The second-order valence-electron chi connectivity index (χ2n) is 6.19. The van der Waals surface area contributed by atoms with Crippen molar-refractivity contribution >= 4 is 40.4 Å². The van der Waals surface area contributed by atoms with Gasteiger partial charge in [-0.05, 0) is 30.4 Å². The van der Waals surface area contributed by atoms with Crippen molar-refractivity contribution in [1.82, 2.24) is 29.0 Å². The van der Waals surface area contributed by atoms with Crippen LogP contribution in [0, 0.1) is 0 Å². The molecule has 1 aliphatic heterocycles. The van der Waals surface area contributed by atoms with Crippen LogP contribution < -0.4 is 0 Å². The highest BCUT2D eigenvalue weighted by atomic mass is 35.5. The molecule has 2 aliphatic rings. The number of thiophene rings is 1. The van der Waals surface area contributed by atoms with Crippen molar-refractivity contribution in [3.63, 3.8) is 0 Å². The van der Waals surface area contributed by atoms with Crippen LogP contribution in [0.2, 0.25) is 4.34 Å². The SMILES string of the molecule is O=C(c1csc(Cl)c1)N1CCn2c(nnc2-c2nc(C3CC3)ns2)C1. The molecule has 128 valence electrons. The number of halogens is 1. The molecular weight excluding hydrogens is 380 g/mol. The van der Waals surface area contributed by atoms with Gasteiger partial charge in [-0.15, -0.1) is 21.5 Å². The number of rotatable bonds is 3. The number of hydrogen-bond acceptors (Lipinski definition) is 7. The summed E-state index contributed by atoms with van der Waals surface area (Å²) in [5.41, 5.74) is 0.626. The number of amides is 1. The Kier molecular flexibility index (Phi) is 3.61. The van der Waals surface area contributed by atoms with Gasteiger partial charge in [0.15, 0.2) is 16.7 Å². The highest BCUT2D eigenvalue weighted by Gasteiger charge is 2.30. The highest BCUT2D eigenvalue weighted by Crippen LogP contribution is 2.39. The average molecular weight is 393 g/mol. The largest absolute Gasteiger partial charge is 0.329 e. The first kappa shape index (κ1) is 15.4. The van der Waals surface area contributed by atoms with Crippen LogP contribution in [0.15, 0.2) is 11.4 Å². The number of aromatic nitrogens is 5. The van der Waals surface area contributed by atoms with Crippen LogP contribution >= 0.6 is 34.5 Å². The molecule has 0 atom stereocenters. The minimum absolute atomic E-state index is 0.0223. The lowest BCUT2D eigenvalue weighted by atomic mass is 10.2. The molecular formula is C15H13ClN6OS2. The summed E-state index contributed by atoms with van der Waals surface area (Å²) in [6.07, 6.45) is 2.36. The lowest BCUT2D eigenvalue weighted by molar-refractivity contribution is 0.0708. The van der Waals surface area contributed by atoms with Gasteiger partial charge < -0.3 is 9.47 Å². The Balaban J connectivity index is 1.38. The lowest BCUT2D eigenvalue weighted by Crippen LogP contribution is -2.38. The highest BCUT2D eigenvalue weighted by molar-refractivity contribution is 7.14. The van der Waals surface area contributed by atoms with Gasteiger partial charge in [-0.25, -0.2) is 4.98 Å². The molecule has 0 saturated heterocycles. The predicted octanol–water partition coefficient (Wildman–Crippen LogP) is 3.04. The topological polar surface area (TPSA) is 76.8 Å². The van der Waals surface area contributed by atoms with Crippen LogP contribution in [-0.4, -0.2) is 41.5 Å². The molecule has 0 unspecified atom stereocenters. The number of fused-ring (bicyclic) bond motifs is 1. The van der Waals surface area contributed by atoms with Gasteiger partial charge >= 0.3 is 0 Å². The number of carbonyl (C=O) groups is 1. The van der Waals surface area contributed by atoms with Crippen molar-refractivity contribution in [2.24, 2.45) is 0 Å². The molecule has 4 heterocycles. The van der Waals surface area contributed by atoms with Crippen molar-refractivity contribution in [2.75, 3.05) is 6.54 Å². The molecule has 25 heavy (non-hydrogen) atoms. The summed E-state index contributed by atoms with van der Waals surface area (Å²) < 4.78 is 7.10. The van der Waals surface area contributed by atoms with Gasteiger partial charge in [0.05, 0.1) is 16.4 Å². The summed E-state index contributed by atoms with van der Waals surface area (Å²) in [6.45, 7) is 1.70. The van der Waals surface area contributed by atoms with Crippen LogP contribution in [0.25, 0.3) is 10.8 Å². The van der Waals surface area contributed by atoms with E-state index >= 15 is 0 Å². The van der Waals surface area contributed by atoms with E-state index in [-0.39, 0.29) is 5.91 Å². The van der Waals surface area contributed by atoms with Crippen molar-refractivity contribution in [3.8, 4) is 10.8 Å². The Labute approximate surface area is 156 Å². The molecule has 1 saturated carbocycles. The number of nitrogens with zero attached hydrogens (tertiary/aromatic N) is 6. The Hall–Kier alpha value is -1.84. The molecule has 0 radical (unpaired) electrons. The van der Waals surface area contributed by atoms with Crippen LogP contribution in [-0.2, 0) is 13.1 Å². The fourth-order valence-corrected chi connectivity index (χ4v) is 4.52. The average Bonchev–Trinajstić information content (AvgIpc) is 3.03. The molecule has 1 aliphatic carbocycles. The quantitative estimate of drug-likeness (QED) is 0.684. The van der Waals surface area contributed by atoms with E-state index in [1.165, 1.54) is 35.7 Å². The van der Waals surface area contributed by atoms with Crippen LogP contribution in [0.1, 0.15) is 40.8 Å². The zero-order valence-corrected chi connectivity index (χ0v) is 15.4. The molecule has 0 aromatic carbocycles. The van der Waals surface area contributed by atoms with Gasteiger partial charge in [-0.2, -0.15) is 4.37 Å². The molecule has 5 rings (SSSR count). The van der Waals surface area contributed by atoms with E-state index in [2.05, 4.69) is 19.6 Å². The Morgan fingerprint density at radius 1 is 1.28 bits per heavy atom.